The zero-order chi connectivity index (χ0) is 25.8. The fraction of sp³-hybridized carbons (Fsp3) is 0.423. The molecule has 1 N–H and O–H groups in total. The van der Waals surface area contributed by atoms with E-state index in [1.165, 1.54) is 17.0 Å². The smallest absolute Gasteiger partial charge is 0.269 e. The Morgan fingerprint density at radius 3 is 2.37 bits per heavy atom. The molecule has 0 unspecified atom stereocenters. The number of carbonyl (C=O) groups excluding carboxylic acids is 3. The van der Waals surface area contributed by atoms with Crippen LogP contribution < -0.4 is 5.32 Å². The number of hydrogen-bond donors (Lipinski definition) is 1. The van der Waals surface area contributed by atoms with E-state index in [1.54, 1.807) is 19.1 Å². The zero-order valence-corrected chi connectivity index (χ0v) is 21.5. The Morgan fingerprint density at radius 2 is 1.71 bits per heavy atom. The molecule has 0 spiro atoms. The van der Waals surface area contributed by atoms with Crippen LogP contribution in [0.2, 0.25) is 0 Å². The number of carbonyl (C=O) groups is 3. The van der Waals surface area contributed by atoms with Gasteiger partial charge in [-0.15, -0.1) is 0 Å². The molecule has 3 rings (SSSR count). The third-order valence-corrected chi connectivity index (χ3v) is 8.27. The van der Waals surface area contributed by atoms with Gasteiger partial charge in [0.05, 0.1) is 5.56 Å². The van der Waals surface area contributed by atoms with E-state index < -0.39 is 22.0 Å². The van der Waals surface area contributed by atoms with Crippen molar-refractivity contribution < 1.29 is 22.8 Å². The molecule has 188 valence electrons. The van der Waals surface area contributed by atoms with Crippen LogP contribution in [-0.4, -0.2) is 54.0 Å². The van der Waals surface area contributed by atoms with Crippen molar-refractivity contribution in [2.24, 2.45) is 0 Å². The van der Waals surface area contributed by atoms with Gasteiger partial charge in [0.25, 0.3) is 15.9 Å². The van der Waals surface area contributed by atoms with Gasteiger partial charge in [-0.1, -0.05) is 43.3 Å². The number of benzene rings is 2. The van der Waals surface area contributed by atoms with E-state index in [-0.39, 0.29) is 54.2 Å². The standard InChI is InChI=1S/C26H33N3O5S/c1-5-19(3)27-25(31)20(4)28(17-21-12-7-6-11-18(21)2)24(30)15-10-16-29-26(32)22-13-8-9-14-23(22)35(29,33)34/h6-9,11-14,19-20H,5,10,15-17H2,1-4H3,(H,27,31)/t19-,20+/m0/s1. The fourth-order valence-electron chi connectivity index (χ4n) is 3.99. The van der Waals surface area contributed by atoms with Crippen molar-refractivity contribution >= 4 is 27.7 Å². The first-order valence-corrected chi connectivity index (χ1v) is 13.3. The Hall–Kier alpha value is -3.20. The minimum absolute atomic E-state index is 0.00246. The fourth-order valence-corrected chi connectivity index (χ4v) is 5.60. The molecule has 0 fully saturated rings. The molecule has 0 radical (unpaired) electrons. The summed E-state index contributed by atoms with van der Waals surface area (Å²) in [6.07, 6.45) is 0.926. The van der Waals surface area contributed by atoms with Gasteiger partial charge in [-0.3, -0.25) is 14.4 Å². The molecule has 8 nitrogen and oxygen atoms in total. The average molecular weight is 500 g/mol. The molecule has 1 heterocycles. The Bertz CT molecular complexity index is 1210. The highest BCUT2D eigenvalue weighted by Gasteiger charge is 2.40. The Morgan fingerprint density at radius 1 is 1.06 bits per heavy atom. The summed E-state index contributed by atoms with van der Waals surface area (Å²) in [7, 11) is -3.92. The molecular weight excluding hydrogens is 466 g/mol. The first-order valence-electron chi connectivity index (χ1n) is 11.9. The van der Waals surface area contributed by atoms with Gasteiger partial charge in [-0.25, -0.2) is 12.7 Å². The van der Waals surface area contributed by atoms with Gasteiger partial charge in [0.15, 0.2) is 0 Å². The molecule has 0 saturated heterocycles. The van der Waals surface area contributed by atoms with Crippen LogP contribution in [0.15, 0.2) is 53.4 Å². The predicted molar refractivity (Wildman–Crippen MR) is 133 cm³/mol. The van der Waals surface area contributed by atoms with Crippen LogP contribution in [0.3, 0.4) is 0 Å². The molecule has 0 saturated carbocycles. The van der Waals surface area contributed by atoms with E-state index in [0.29, 0.717) is 0 Å². The monoisotopic (exact) mass is 499 g/mol. The molecule has 0 aliphatic carbocycles. The van der Waals surface area contributed by atoms with E-state index in [9.17, 15) is 22.8 Å². The SMILES string of the molecule is CC[C@H](C)NC(=O)[C@@H](C)N(Cc1ccccc1C)C(=O)CCCN1C(=O)c2ccccc2S1(=O)=O. The minimum Gasteiger partial charge on any atom is -0.352 e. The van der Waals surface area contributed by atoms with Gasteiger partial charge >= 0.3 is 0 Å². The maximum Gasteiger partial charge on any atom is 0.269 e. The summed E-state index contributed by atoms with van der Waals surface area (Å²) in [5, 5.41) is 2.93. The van der Waals surface area contributed by atoms with E-state index in [4.69, 9.17) is 0 Å². The maximum atomic E-state index is 13.3. The molecule has 35 heavy (non-hydrogen) atoms. The maximum absolute atomic E-state index is 13.3. The number of hydrogen-bond acceptors (Lipinski definition) is 5. The highest BCUT2D eigenvalue weighted by molar-refractivity contribution is 7.90. The first-order chi connectivity index (χ1) is 16.6. The summed E-state index contributed by atoms with van der Waals surface area (Å²) in [5.41, 5.74) is 2.08. The molecule has 9 heteroatoms. The number of amides is 3. The average Bonchev–Trinajstić information content (AvgIpc) is 3.03. The predicted octanol–water partition coefficient (Wildman–Crippen LogP) is 3.25. The van der Waals surface area contributed by atoms with Gasteiger partial charge < -0.3 is 10.2 Å². The third kappa shape index (κ3) is 5.73. The highest BCUT2D eigenvalue weighted by atomic mass is 32.2. The lowest BCUT2D eigenvalue weighted by Gasteiger charge is -2.30. The van der Waals surface area contributed by atoms with Crippen LogP contribution in [0, 0.1) is 6.92 Å². The van der Waals surface area contributed by atoms with Gasteiger partial charge in [0.1, 0.15) is 10.9 Å². The van der Waals surface area contributed by atoms with Crippen LogP contribution in [-0.2, 0) is 26.2 Å². The molecular formula is C26H33N3O5S. The number of sulfonamides is 1. The van der Waals surface area contributed by atoms with Gasteiger partial charge in [0.2, 0.25) is 11.8 Å². The van der Waals surface area contributed by atoms with Crippen LogP contribution in [0.1, 0.15) is 61.5 Å². The quantitative estimate of drug-likeness (QED) is 0.540. The summed E-state index contributed by atoms with van der Waals surface area (Å²) in [6, 6.07) is 13.0. The van der Waals surface area contributed by atoms with E-state index in [0.717, 1.165) is 21.9 Å². The lowest BCUT2D eigenvalue weighted by molar-refractivity contribution is -0.141. The molecule has 1 aliphatic heterocycles. The number of fused-ring (bicyclic) bond motifs is 1. The van der Waals surface area contributed by atoms with E-state index in [1.807, 2.05) is 45.0 Å². The topological polar surface area (TPSA) is 104 Å². The molecule has 0 aromatic heterocycles. The Balaban J connectivity index is 1.72. The summed E-state index contributed by atoms with van der Waals surface area (Å²) < 4.78 is 26.4. The van der Waals surface area contributed by atoms with Crippen LogP contribution in [0.4, 0.5) is 0 Å². The number of rotatable bonds is 10. The third-order valence-electron chi connectivity index (χ3n) is 6.43. The van der Waals surface area contributed by atoms with Gasteiger partial charge in [0, 0.05) is 25.6 Å². The molecule has 3 amide bonds. The van der Waals surface area contributed by atoms with Crippen molar-refractivity contribution in [3.63, 3.8) is 0 Å². The van der Waals surface area contributed by atoms with Crippen molar-refractivity contribution in [2.75, 3.05) is 6.54 Å². The van der Waals surface area contributed by atoms with E-state index >= 15 is 0 Å². The number of nitrogens with one attached hydrogen (secondary N) is 1. The van der Waals surface area contributed by atoms with Gasteiger partial charge in [-0.05, 0) is 56.9 Å². The van der Waals surface area contributed by atoms with E-state index in [2.05, 4.69) is 5.32 Å². The van der Waals surface area contributed by atoms with Crippen LogP contribution in [0.5, 0.6) is 0 Å². The zero-order valence-electron chi connectivity index (χ0n) is 20.7. The summed E-state index contributed by atoms with van der Waals surface area (Å²) in [6.45, 7) is 7.67. The van der Waals surface area contributed by atoms with Crippen molar-refractivity contribution in [1.82, 2.24) is 14.5 Å². The van der Waals surface area contributed by atoms with Crippen LogP contribution in [0.25, 0.3) is 0 Å². The minimum atomic E-state index is -3.92. The molecule has 2 aromatic rings. The number of nitrogens with zero attached hydrogens (tertiary/aromatic N) is 2. The molecule has 1 aliphatic rings. The van der Waals surface area contributed by atoms with Crippen molar-refractivity contribution in [3.05, 3.63) is 65.2 Å². The second-order valence-corrected chi connectivity index (χ2v) is 10.8. The molecule has 2 aromatic carbocycles. The first kappa shape index (κ1) is 26.4. The van der Waals surface area contributed by atoms with Crippen molar-refractivity contribution in [2.45, 2.75) is 70.5 Å². The summed E-state index contributed by atoms with van der Waals surface area (Å²) in [4.78, 5) is 40.3. The highest BCUT2D eigenvalue weighted by Crippen LogP contribution is 2.30. The molecule has 0 bridgehead atoms. The second kappa shape index (κ2) is 11.0. The van der Waals surface area contributed by atoms with Gasteiger partial charge in [-0.2, -0.15) is 0 Å². The summed E-state index contributed by atoms with van der Waals surface area (Å²) in [5.74, 6) is -1.10. The summed E-state index contributed by atoms with van der Waals surface area (Å²) >= 11 is 0. The molecule has 2 atom stereocenters. The number of aryl methyl sites for hydroxylation is 1. The Kier molecular flexibility index (Phi) is 8.32. The Labute approximate surface area is 207 Å². The second-order valence-electron chi connectivity index (χ2n) is 8.92. The van der Waals surface area contributed by atoms with Crippen molar-refractivity contribution in [3.8, 4) is 0 Å². The largest absolute Gasteiger partial charge is 0.352 e. The van der Waals surface area contributed by atoms with Crippen molar-refractivity contribution in [1.29, 1.82) is 0 Å². The lowest BCUT2D eigenvalue weighted by atomic mass is 10.1. The lowest BCUT2D eigenvalue weighted by Crippen LogP contribution is -2.49. The van der Waals surface area contributed by atoms with Crippen LogP contribution >= 0.6 is 0 Å². The normalized spacial score (nSPS) is 15.9.